The summed E-state index contributed by atoms with van der Waals surface area (Å²) < 4.78 is 50.0. The maximum absolute atomic E-state index is 12.6. The second-order valence-electron chi connectivity index (χ2n) is 4.42. The Balaban J connectivity index is 2.13. The first-order valence-corrected chi connectivity index (χ1v) is 7.55. The van der Waals surface area contributed by atoms with Crippen LogP contribution < -0.4 is 0 Å². The maximum atomic E-state index is 12.6. The number of halogens is 2. The molecule has 0 atom stereocenters. The van der Waals surface area contributed by atoms with E-state index in [0.29, 0.717) is 5.39 Å². The van der Waals surface area contributed by atoms with Gasteiger partial charge in [0.1, 0.15) is 16.4 Å². The van der Waals surface area contributed by atoms with E-state index in [2.05, 4.69) is 9.97 Å². The number of aromatic amines is 1. The van der Waals surface area contributed by atoms with E-state index in [4.69, 9.17) is 0 Å². The fraction of sp³-hybridized carbons (Fsp3) is 0.0714. The zero-order chi connectivity index (χ0) is 15.0. The van der Waals surface area contributed by atoms with Crippen molar-refractivity contribution in [1.29, 1.82) is 0 Å². The molecule has 0 saturated carbocycles. The van der Waals surface area contributed by atoms with E-state index in [0.717, 1.165) is 0 Å². The lowest BCUT2D eigenvalue weighted by molar-refractivity contribution is 0.146. The van der Waals surface area contributed by atoms with E-state index in [1.807, 2.05) is 0 Å². The number of pyridine rings is 1. The van der Waals surface area contributed by atoms with E-state index in [1.54, 1.807) is 18.2 Å². The van der Waals surface area contributed by atoms with Gasteiger partial charge in [0.2, 0.25) is 9.84 Å². The van der Waals surface area contributed by atoms with Crippen molar-refractivity contribution >= 4 is 20.9 Å². The van der Waals surface area contributed by atoms with E-state index in [-0.39, 0.29) is 15.6 Å². The molecule has 0 bridgehead atoms. The monoisotopic (exact) mass is 308 g/mol. The van der Waals surface area contributed by atoms with Gasteiger partial charge in [0.25, 0.3) is 6.43 Å². The van der Waals surface area contributed by atoms with Crippen LogP contribution in [-0.2, 0) is 9.84 Å². The lowest BCUT2D eigenvalue weighted by Gasteiger charge is -2.00. The first-order valence-electron chi connectivity index (χ1n) is 6.06. The molecule has 3 rings (SSSR count). The van der Waals surface area contributed by atoms with Crippen LogP contribution in [0.25, 0.3) is 11.0 Å². The number of hydrogen-bond acceptors (Lipinski definition) is 3. The number of alkyl halides is 2. The van der Waals surface area contributed by atoms with Crippen LogP contribution in [0, 0.1) is 0 Å². The van der Waals surface area contributed by atoms with Crippen LogP contribution in [0.3, 0.4) is 0 Å². The number of sulfone groups is 1. The predicted octanol–water partition coefficient (Wildman–Crippen LogP) is 3.33. The minimum absolute atomic E-state index is 0.0670. The molecule has 1 N–H and O–H groups in total. The summed E-state index contributed by atoms with van der Waals surface area (Å²) in [5.74, 6) is 0. The van der Waals surface area contributed by atoms with Gasteiger partial charge in [-0.15, -0.1) is 0 Å². The van der Waals surface area contributed by atoms with Gasteiger partial charge in [0.05, 0.1) is 4.90 Å². The van der Waals surface area contributed by atoms with Gasteiger partial charge < -0.3 is 4.98 Å². The molecular weight excluding hydrogens is 298 g/mol. The van der Waals surface area contributed by atoms with E-state index in [1.165, 1.54) is 30.3 Å². The van der Waals surface area contributed by atoms with Crippen LogP contribution in [0.2, 0.25) is 0 Å². The summed E-state index contributed by atoms with van der Waals surface area (Å²) in [7, 11) is -3.72. The molecule has 0 unspecified atom stereocenters. The Morgan fingerprint density at radius 3 is 2.43 bits per heavy atom. The molecule has 7 heteroatoms. The largest absolute Gasteiger partial charge is 0.330 e. The van der Waals surface area contributed by atoms with Gasteiger partial charge in [-0.05, 0) is 30.3 Å². The molecule has 0 fully saturated rings. The van der Waals surface area contributed by atoms with Crippen molar-refractivity contribution in [3.8, 4) is 0 Å². The molecule has 0 aliphatic rings. The van der Waals surface area contributed by atoms with Crippen molar-refractivity contribution in [1.82, 2.24) is 9.97 Å². The number of hydrogen-bond donors (Lipinski definition) is 1. The van der Waals surface area contributed by atoms with E-state index in [9.17, 15) is 17.2 Å². The Bertz CT molecular complexity index is 890. The van der Waals surface area contributed by atoms with Crippen LogP contribution in [-0.4, -0.2) is 18.4 Å². The van der Waals surface area contributed by atoms with E-state index >= 15 is 0 Å². The van der Waals surface area contributed by atoms with Crippen molar-refractivity contribution < 1.29 is 17.2 Å². The first-order chi connectivity index (χ1) is 9.98. The molecule has 2 heterocycles. The van der Waals surface area contributed by atoms with Gasteiger partial charge in [-0.1, -0.05) is 18.2 Å². The van der Waals surface area contributed by atoms with Crippen molar-refractivity contribution in [3.63, 3.8) is 0 Å². The standard InChI is InChI=1S/C14H10F2N2O2S/c15-13(16)11-7-6-9-8-12(18-14(9)17-11)21(19,20)10-4-2-1-3-5-10/h1-8,13H,(H,17,18). The van der Waals surface area contributed by atoms with Gasteiger partial charge in [-0.25, -0.2) is 22.2 Å². The van der Waals surface area contributed by atoms with Crippen molar-refractivity contribution in [2.24, 2.45) is 0 Å². The number of rotatable bonds is 3. The van der Waals surface area contributed by atoms with Gasteiger partial charge in [-0.3, -0.25) is 0 Å². The second kappa shape index (κ2) is 4.92. The van der Waals surface area contributed by atoms with Crippen molar-refractivity contribution in [2.75, 3.05) is 0 Å². The molecule has 4 nitrogen and oxygen atoms in total. The van der Waals surface area contributed by atoms with Crippen LogP contribution in [0.5, 0.6) is 0 Å². The fourth-order valence-electron chi connectivity index (χ4n) is 1.99. The second-order valence-corrected chi connectivity index (χ2v) is 6.34. The number of nitrogens with one attached hydrogen (secondary N) is 1. The zero-order valence-electron chi connectivity index (χ0n) is 10.6. The minimum atomic E-state index is -3.72. The third-order valence-corrected chi connectivity index (χ3v) is 4.73. The lowest BCUT2D eigenvalue weighted by atomic mass is 10.3. The van der Waals surface area contributed by atoms with Crippen LogP contribution in [0.4, 0.5) is 8.78 Å². The summed E-state index contributed by atoms with van der Waals surface area (Å²) in [6.07, 6.45) is -2.70. The smallest absolute Gasteiger partial charge is 0.280 e. The number of aromatic nitrogens is 2. The van der Waals surface area contributed by atoms with Gasteiger partial charge >= 0.3 is 0 Å². The first kappa shape index (κ1) is 13.7. The Morgan fingerprint density at radius 2 is 1.76 bits per heavy atom. The molecule has 3 aromatic rings. The topological polar surface area (TPSA) is 62.8 Å². The predicted molar refractivity (Wildman–Crippen MR) is 72.9 cm³/mol. The molecule has 1 aromatic carbocycles. The molecular formula is C14H10F2N2O2S. The van der Waals surface area contributed by atoms with Crippen LogP contribution in [0.15, 0.2) is 58.5 Å². The molecule has 2 aromatic heterocycles. The molecule has 0 aliphatic heterocycles. The van der Waals surface area contributed by atoms with Gasteiger partial charge in [0.15, 0.2) is 0 Å². The Kier molecular flexibility index (Phi) is 3.21. The quantitative estimate of drug-likeness (QED) is 0.807. The summed E-state index contributed by atoms with van der Waals surface area (Å²) in [5.41, 5.74) is -0.268. The highest BCUT2D eigenvalue weighted by Gasteiger charge is 2.20. The van der Waals surface area contributed by atoms with Gasteiger partial charge in [-0.2, -0.15) is 0 Å². The molecule has 0 spiro atoms. The van der Waals surface area contributed by atoms with Gasteiger partial charge in [0, 0.05) is 5.39 Å². The summed E-state index contributed by atoms with van der Waals surface area (Å²) in [5, 5.41) is 0.400. The maximum Gasteiger partial charge on any atom is 0.280 e. The molecule has 0 aliphatic carbocycles. The highest BCUT2D eigenvalue weighted by atomic mass is 32.2. The number of H-pyrrole nitrogens is 1. The molecule has 0 amide bonds. The Labute approximate surface area is 119 Å². The average molecular weight is 308 g/mol. The normalized spacial score (nSPS) is 12.1. The highest BCUT2D eigenvalue weighted by molar-refractivity contribution is 7.91. The third-order valence-electron chi connectivity index (χ3n) is 3.04. The Morgan fingerprint density at radius 1 is 1.05 bits per heavy atom. The summed E-state index contributed by atoms with van der Waals surface area (Å²) >= 11 is 0. The SMILES string of the molecule is O=S(=O)(c1ccccc1)c1cc2ccc(C(F)F)nc2[nH]1. The van der Waals surface area contributed by atoms with Crippen LogP contribution in [0.1, 0.15) is 12.1 Å². The Hall–Kier alpha value is -2.28. The lowest BCUT2D eigenvalue weighted by Crippen LogP contribution is -2.01. The number of nitrogens with zero attached hydrogens (tertiary/aromatic N) is 1. The van der Waals surface area contributed by atoms with Crippen molar-refractivity contribution in [3.05, 3.63) is 54.2 Å². The molecule has 0 radical (unpaired) electrons. The average Bonchev–Trinajstić information content (AvgIpc) is 2.91. The number of benzene rings is 1. The molecule has 0 saturated heterocycles. The molecule has 21 heavy (non-hydrogen) atoms. The molecule has 108 valence electrons. The third kappa shape index (κ3) is 2.40. The summed E-state index contributed by atoms with van der Waals surface area (Å²) in [6, 6.07) is 11.9. The minimum Gasteiger partial charge on any atom is -0.330 e. The van der Waals surface area contributed by atoms with Crippen LogP contribution >= 0.6 is 0 Å². The summed E-state index contributed by atoms with van der Waals surface area (Å²) in [6.45, 7) is 0. The summed E-state index contributed by atoms with van der Waals surface area (Å²) in [4.78, 5) is 6.46. The fourth-order valence-corrected chi connectivity index (χ4v) is 3.27. The zero-order valence-corrected chi connectivity index (χ0v) is 11.4. The van der Waals surface area contributed by atoms with E-state index < -0.39 is 22.0 Å². The number of fused-ring (bicyclic) bond motifs is 1. The van der Waals surface area contributed by atoms with Crippen molar-refractivity contribution in [2.45, 2.75) is 16.3 Å². The highest BCUT2D eigenvalue weighted by Crippen LogP contribution is 2.25.